The number of nitrogens with one attached hydrogen (secondary N) is 1. The largest absolute Gasteiger partial charge is 0.339 e. The highest BCUT2D eigenvalue weighted by molar-refractivity contribution is 5.94. The third-order valence-electron chi connectivity index (χ3n) is 3.83. The molecule has 0 atom stereocenters. The lowest BCUT2D eigenvalue weighted by Gasteiger charge is -2.31. The second kappa shape index (κ2) is 6.00. The Morgan fingerprint density at radius 1 is 1.40 bits per heavy atom. The Balaban J connectivity index is 2.10. The second-order valence-corrected chi connectivity index (χ2v) is 5.11. The molecule has 20 heavy (non-hydrogen) atoms. The molecule has 0 radical (unpaired) electrons. The number of carbonyl (C=O) groups is 1. The molecule has 1 heterocycles. The van der Waals surface area contributed by atoms with E-state index in [1.807, 2.05) is 11.9 Å². The number of amides is 1. The van der Waals surface area contributed by atoms with Gasteiger partial charge in [0, 0.05) is 36.3 Å². The SMILES string of the molecule is CNC1CCN(C(=O)c2ccc([N+](=O)[O-])c(C)c2)CC1. The lowest BCUT2D eigenvalue weighted by molar-refractivity contribution is -0.385. The number of nitro benzene ring substituents is 1. The zero-order valence-corrected chi connectivity index (χ0v) is 11.8. The quantitative estimate of drug-likeness (QED) is 0.674. The van der Waals surface area contributed by atoms with Crippen LogP contribution in [-0.4, -0.2) is 41.9 Å². The summed E-state index contributed by atoms with van der Waals surface area (Å²) in [6, 6.07) is 5.02. The van der Waals surface area contributed by atoms with Gasteiger partial charge in [-0.15, -0.1) is 0 Å². The maximum Gasteiger partial charge on any atom is 0.272 e. The van der Waals surface area contributed by atoms with Crippen molar-refractivity contribution in [3.8, 4) is 0 Å². The van der Waals surface area contributed by atoms with Crippen molar-refractivity contribution >= 4 is 11.6 Å². The first-order chi connectivity index (χ1) is 9.52. The number of nitrogens with zero attached hydrogens (tertiary/aromatic N) is 2. The summed E-state index contributed by atoms with van der Waals surface area (Å²) < 4.78 is 0. The van der Waals surface area contributed by atoms with Crippen molar-refractivity contribution in [1.29, 1.82) is 0 Å². The molecule has 0 saturated carbocycles. The summed E-state index contributed by atoms with van der Waals surface area (Å²) in [4.78, 5) is 24.5. The predicted molar refractivity (Wildman–Crippen MR) is 75.8 cm³/mol. The molecule has 0 spiro atoms. The van der Waals surface area contributed by atoms with Crippen LogP contribution in [0.2, 0.25) is 0 Å². The van der Waals surface area contributed by atoms with E-state index in [-0.39, 0.29) is 11.6 Å². The van der Waals surface area contributed by atoms with Crippen LogP contribution >= 0.6 is 0 Å². The summed E-state index contributed by atoms with van der Waals surface area (Å²) in [6.07, 6.45) is 1.88. The molecule has 1 aromatic rings. The highest BCUT2D eigenvalue weighted by Gasteiger charge is 2.23. The fraction of sp³-hybridized carbons (Fsp3) is 0.500. The second-order valence-electron chi connectivity index (χ2n) is 5.11. The molecule has 0 aromatic heterocycles. The van der Waals surface area contributed by atoms with Gasteiger partial charge in [-0.25, -0.2) is 0 Å². The lowest BCUT2D eigenvalue weighted by Crippen LogP contribution is -2.43. The van der Waals surface area contributed by atoms with Gasteiger partial charge < -0.3 is 10.2 Å². The molecule has 1 fully saturated rings. The first kappa shape index (κ1) is 14.5. The molecule has 1 aliphatic rings. The summed E-state index contributed by atoms with van der Waals surface area (Å²) in [6.45, 7) is 3.10. The van der Waals surface area contributed by atoms with Crippen molar-refractivity contribution in [3.05, 3.63) is 39.4 Å². The van der Waals surface area contributed by atoms with Crippen molar-refractivity contribution in [2.75, 3.05) is 20.1 Å². The van der Waals surface area contributed by atoms with Crippen LogP contribution in [0.3, 0.4) is 0 Å². The van der Waals surface area contributed by atoms with Crippen molar-refractivity contribution in [2.24, 2.45) is 0 Å². The summed E-state index contributed by atoms with van der Waals surface area (Å²) in [7, 11) is 1.93. The average molecular weight is 277 g/mol. The number of benzene rings is 1. The van der Waals surface area contributed by atoms with E-state index < -0.39 is 4.92 Å². The Labute approximate surface area is 117 Å². The summed E-state index contributed by atoms with van der Waals surface area (Å²) >= 11 is 0. The summed E-state index contributed by atoms with van der Waals surface area (Å²) in [5, 5.41) is 14.0. The van der Waals surface area contributed by atoms with E-state index >= 15 is 0 Å². The Morgan fingerprint density at radius 2 is 2.05 bits per heavy atom. The number of likely N-dealkylation sites (tertiary alicyclic amines) is 1. The van der Waals surface area contributed by atoms with Crippen LogP contribution in [0, 0.1) is 17.0 Å². The molecule has 0 bridgehead atoms. The molecule has 1 saturated heterocycles. The minimum absolute atomic E-state index is 0.0439. The van der Waals surface area contributed by atoms with Gasteiger partial charge in [0.15, 0.2) is 0 Å². The molecule has 6 nitrogen and oxygen atoms in total. The van der Waals surface area contributed by atoms with E-state index in [9.17, 15) is 14.9 Å². The molecule has 1 amide bonds. The lowest BCUT2D eigenvalue weighted by atomic mass is 10.0. The van der Waals surface area contributed by atoms with Crippen LogP contribution < -0.4 is 5.32 Å². The zero-order valence-electron chi connectivity index (χ0n) is 11.8. The zero-order chi connectivity index (χ0) is 14.7. The van der Waals surface area contributed by atoms with E-state index in [0.717, 1.165) is 25.9 Å². The van der Waals surface area contributed by atoms with E-state index in [0.29, 0.717) is 17.2 Å². The summed E-state index contributed by atoms with van der Waals surface area (Å²) in [5.74, 6) is -0.0439. The van der Waals surface area contributed by atoms with E-state index in [2.05, 4.69) is 5.32 Å². The maximum atomic E-state index is 12.4. The Bertz CT molecular complexity index is 522. The fourth-order valence-electron chi connectivity index (χ4n) is 2.55. The van der Waals surface area contributed by atoms with Crippen molar-refractivity contribution in [1.82, 2.24) is 10.2 Å². The number of hydrogen-bond donors (Lipinski definition) is 1. The molecule has 1 aromatic carbocycles. The van der Waals surface area contributed by atoms with Crippen LogP contribution in [0.15, 0.2) is 18.2 Å². The average Bonchev–Trinajstić information content (AvgIpc) is 2.46. The molecule has 108 valence electrons. The smallest absolute Gasteiger partial charge is 0.272 e. The molecule has 2 rings (SSSR count). The number of nitro groups is 1. The van der Waals surface area contributed by atoms with Gasteiger partial charge in [0.25, 0.3) is 11.6 Å². The van der Waals surface area contributed by atoms with Crippen LogP contribution in [0.25, 0.3) is 0 Å². The minimum atomic E-state index is -0.429. The topological polar surface area (TPSA) is 75.5 Å². The monoisotopic (exact) mass is 277 g/mol. The van der Waals surface area contributed by atoms with Crippen LogP contribution in [0.4, 0.5) is 5.69 Å². The number of hydrogen-bond acceptors (Lipinski definition) is 4. The third-order valence-corrected chi connectivity index (χ3v) is 3.83. The van der Waals surface area contributed by atoms with Crippen LogP contribution in [-0.2, 0) is 0 Å². The fourth-order valence-corrected chi connectivity index (χ4v) is 2.55. The van der Waals surface area contributed by atoms with Gasteiger partial charge in [-0.05, 0) is 38.9 Å². The predicted octanol–water partition coefficient (Wildman–Crippen LogP) is 1.73. The van der Waals surface area contributed by atoms with Crippen molar-refractivity contribution in [2.45, 2.75) is 25.8 Å². The standard InChI is InChI=1S/C14H19N3O3/c1-10-9-11(3-4-13(10)17(19)20)14(18)16-7-5-12(15-2)6-8-16/h3-4,9,12,15H,5-8H2,1-2H3. The molecule has 1 N–H and O–H groups in total. The normalized spacial score (nSPS) is 16.2. The summed E-state index contributed by atoms with van der Waals surface area (Å²) in [5.41, 5.74) is 1.09. The first-order valence-corrected chi connectivity index (χ1v) is 6.74. The Morgan fingerprint density at radius 3 is 2.55 bits per heavy atom. The van der Waals surface area contributed by atoms with Gasteiger partial charge in [-0.2, -0.15) is 0 Å². The Hall–Kier alpha value is -1.95. The molecule has 1 aliphatic heterocycles. The molecule has 0 unspecified atom stereocenters. The Kier molecular flexibility index (Phi) is 4.34. The van der Waals surface area contributed by atoms with Crippen molar-refractivity contribution < 1.29 is 9.72 Å². The van der Waals surface area contributed by atoms with E-state index in [1.54, 1.807) is 13.0 Å². The third kappa shape index (κ3) is 2.96. The van der Waals surface area contributed by atoms with Crippen LogP contribution in [0.5, 0.6) is 0 Å². The van der Waals surface area contributed by atoms with Gasteiger partial charge in [0.1, 0.15) is 0 Å². The molecular weight excluding hydrogens is 258 g/mol. The number of carbonyl (C=O) groups excluding carboxylic acids is 1. The molecular formula is C14H19N3O3. The van der Waals surface area contributed by atoms with Gasteiger partial charge in [0.2, 0.25) is 0 Å². The van der Waals surface area contributed by atoms with Gasteiger partial charge >= 0.3 is 0 Å². The molecule has 0 aliphatic carbocycles. The van der Waals surface area contributed by atoms with Gasteiger partial charge in [-0.1, -0.05) is 0 Å². The number of aryl methyl sites for hydroxylation is 1. The van der Waals surface area contributed by atoms with Gasteiger partial charge in [-0.3, -0.25) is 14.9 Å². The number of piperidine rings is 1. The van der Waals surface area contributed by atoms with Crippen molar-refractivity contribution in [3.63, 3.8) is 0 Å². The van der Waals surface area contributed by atoms with Crippen LogP contribution in [0.1, 0.15) is 28.8 Å². The highest BCUT2D eigenvalue weighted by Crippen LogP contribution is 2.21. The number of rotatable bonds is 3. The highest BCUT2D eigenvalue weighted by atomic mass is 16.6. The van der Waals surface area contributed by atoms with E-state index in [1.165, 1.54) is 12.1 Å². The van der Waals surface area contributed by atoms with E-state index in [4.69, 9.17) is 0 Å². The first-order valence-electron chi connectivity index (χ1n) is 6.74. The maximum absolute atomic E-state index is 12.4. The minimum Gasteiger partial charge on any atom is -0.339 e. The molecule has 6 heteroatoms. The van der Waals surface area contributed by atoms with Gasteiger partial charge in [0.05, 0.1) is 4.92 Å².